The maximum atomic E-state index is 12.8. The summed E-state index contributed by atoms with van der Waals surface area (Å²) in [5.74, 6) is -0.0923. The van der Waals surface area contributed by atoms with Crippen LogP contribution in [0.3, 0.4) is 0 Å². The van der Waals surface area contributed by atoms with E-state index in [1.165, 1.54) is 16.7 Å². The number of rotatable bonds is 8. The number of hydrogen-bond donors (Lipinski definition) is 0. The SMILES string of the molecule is CC(C)SC1CC(=O)N(c2ccc(CC(C)(C)C(=O)Cc3ccccc3)cc2)C1=O. The van der Waals surface area contributed by atoms with E-state index in [0.717, 1.165) is 11.1 Å². The number of carbonyl (C=O) groups excluding carboxylic acids is 3. The van der Waals surface area contributed by atoms with Gasteiger partial charge in [0.15, 0.2) is 0 Å². The molecule has 0 spiro atoms. The Bertz CT molecular complexity index is 919. The zero-order valence-electron chi connectivity index (χ0n) is 18.1. The fraction of sp³-hybridized carbons (Fsp3) is 0.400. The highest BCUT2D eigenvalue weighted by atomic mass is 32.2. The topological polar surface area (TPSA) is 54.5 Å². The first-order valence-corrected chi connectivity index (χ1v) is 11.3. The van der Waals surface area contributed by atoms with E-state index in [0.29, 0.717) is 23.8 Å². The third-order valence-corrected chi connectivity index (χ3v) is 6.59. The molecule has 1 fully saturated rings. The van der Waals surface area contributed by atoms with Gasteiger partial charge < -0.3 is 0 Å². The van der Waals surface area contributed by atoms with Crippen molar-refractivity contribution in [2.45, 2.75) is 57.5 Å². The predicted octanol–water partition coefficient (Wildman–Crippen LogP) is 4.84. The second kappa shape index (κ2) is 9.17. The molecular weight excluding hydrogens is 394 g/mol. The zero-order valence-corrected chi connectivity index (χ0v) is 18.9. The van der Waals surface area contributed by atoms with E-state index in [1.54, 1.807) is 0 Å². The minimum Gasteiger partial charge on any atom is -0.299 e. The Balaban J connectivity index is 1.67. The summed E-state index contributed by atoms with van der Waals surface area (Å²) < 4.78 is 0. The van der Waals surface area contributed by atoms with Crippen LogP contribution in [0.5, 0.6) is 0 Å². The summed E-state index contributed by atoms with van der Waals surface area (Å²) >= 11 is 1.54. The molecule has 4 nitrogen and oxygen atoms in total. The molecule has 0 saturated carbocycles. The molecule has 0 bridgehead atoms. The van der Waals surface area contributed by atoms with Gasteiger partial charge in [0.2, 0.25) is 11.8 Å². The molecule has 0 aliphatic carbocycles. The molecule has 0 aromatic heterocycles. The van der Waals surface area contributed by atoms with Crippen LogP contribution in [0, 0.1) is 5.41 Å². The summed E-state index contributed by atoms with van der Waals surface area (Å²) in [6.45, 7) is 7.99. The highest BCUT2D eigenvalue weighted by Crippen LogP contribution is 2.32. The Morgan fingerprint density at radius 1 is 1.03 bits per heavy atom. The van der Waals surface area contributed by atoms with Crippen LogP contribution in [0.1, 0.15) is 45.2 Å². The molecule has 3 rings (SSSR count). The molecule has 0 N–H and O–H groups in total. The molecule has 1 heterocycles. The van der Waals surface area contributed by atoms with E-state index in [9.17, 15) is 14.4 Å². The number of thioether (sulfide) groups is 1. The van der Waals surface area contributed by atoms with E-state index in [1.807, 2.05) is 82.3 Å². The van der Waals surface area contributed by atoms with Gasteiger partial charge in [0.25, 0.3) is 0 Å². The number of imide groups is 1. The van der Waals surface area contributed by atoms with Crippen molar-refractivity contribution in [1.82, 2.24) is 0 Å². The number of hydrogen-bond acceptors (Lipinski definition) is 4. The average molecular weight is 424 g/mol. The van der Waals surface area contributed by atoms with Crippen molar-refractivity contribution in [3.05, 3.63) is 65.7 Å². The predicted molar refractivity (Wildman–Crippen MR) is 123 cm³/mol. The molecule has 30 heavy (non-hydrogen) atoms. The third-order valence-electron chi connectivity index (χ3n) is 5.34. The second-order valence-corrected chi connectivity index (χ2v) is 10.5. The lowest BCUT2D eigenvalue weighted by molar-refractivity contribution is -0.126. The van der Waals surface area contributed by atoms with Crippen molar-refractivity contribution in [1.29, 1.82) is 0 Å². The summed E-state index contributed by atoms with van der Waals surface area (Å²) in [6, 6.07) is 17.2. The molecular formula is C25H29NO3S. The van der Waals surface area contributed by atoms with Crippen LogP contribution in [0.25, 0.3) is 0 Å². The number of ketones is 1. The first-order chi connectivity index (χ1) is 14.2. The van der Waals surface area contributed by atoms with E-state index in [4.69, 9.17) is 0 Å². The molecule has 2 amide bonds. The van der Waals surface area contributed by atoms with Gasteiger partial charge in [-0.3, -0.25) is 14.4 Å². The molecule has 158 valence electrons. The zero-order chi connectivity index (χ0) is 21.9. The van der Waals surface area contributed by atoms with Gasteiger partial charge in [-0.25, -0.2) is 4.90 Å². The normalized spacial score (nSPS) is 17.1. The van der Waals surface area contributed by atoms with Crippen molar-refractivity contribution in [2.75, 3.05) is 4.90 Å². The van der Waals surface area contributed by atoms with E-state index < -0.39 is 5.41 Å². The quantitative estimate of drug-likeness (QED) is 0.570. The molecule has 1 unspecified atom stereocenters. The van der Waals surface area contributed by atoms with Crippen LogP contribution in [-0.4, -0.2) is 28.1 Å². The van der Waals surface area contributed by atoms with Crippen molar-refractivity contribution in [3.63, 3.8) is 0 Å². The van der Waals surface area contributed by atoms with Gasteiger partial charge in [0.1, 0.15) is 5.78 Å². The van der Waals surface area contributed by atoms with Crippen molar-refractivity contribution in [3.8, 4) is 0 Å². The largest absolute Gasteiger partial charge is 0.299 e. The number of nitrogens with zero attached hydrogens (tertiary/aromatic N) is 1. The van der Waals surface area contributed by atoms with E-state index >= 15 is 0 Å². The number of Topliss-reactive ketones (excluding diaryl/α,β-unsaturated/α-hetero) is 1. The van der Waals surface area contributed by atoms with Gasteiger partial charge in [0, 0.05) is 18.3 Å². The third kappa shape index (κ3) is 5.20. The number of amides is 2. The van der Waals surface area contributed by atoms with Gasteiger partial charge in [-0.1, -0.05) is 70.2 Å². The van der Waals surface area contributed by atoms with Crippen molar-refractivity contribution in [2.24, 2.45) is 5.41 Å². The molecule has 1 aliphatic rings. The molecule has 1 saturated heterocycles. The van der Waals surface area contributed by atoms with Crippen molar-refractivity contribution >= 4 is 35.0 Å². The fourth-order valence-electron chi connectivity index (χ4n) is 3.70. The minimum absolute atomic E-state index is 0.134. The Hall–Kier alpha value is -2.40. The second-order valence-electron chi connectivity index (χ2n) is 8.76. The van der Waals surface area contributed by atoms with E-state index in [2.05, 4.69) is 0 Å². The molecule has 1 atom stereocenters. The van der Waals surface area contributed by atoms with Crippen LogP contribution in [0.15, 0.2) is 54.6 Å². The average Bonchev–Trinajstić information content (AvgIpc) is 2.95. The highest BCUT2D eigenvalue weighted by molar-refractivity contribution is 8.01. The van der Waals surface area contributed by atoms with Gasteiger partial charge in [0.05, 0.1) is 10.9 Å². The Kier molecular flexibility index (Phi) is 6.81. The number of benzene rings is 2. The van der Waals surface area contributed by atoms with Crippen LogP contribution >= 0.6 is 11.8 Å². The van der Waals surface area contributed by atoms with Crippen LogP contribution in [-0.2, 0) is 27.2 Å². The lowest BCUT2D eigenvalue weighted by atomic mass is 9.79. The molecule has 0 radical (unpaired) electrons. The van der Waals surface area contributed by atoms with Gasteiger partial charge in [-0.05, 0) is 34.9 Å². The summed E-state index contributed by atoms with van der Waals surface area (Å²) in [5, 5.41) is -0.00329. The standard InChI is InChI=1S/C25H29NO3S/c1-17(2)30-21-15-23(28)26(24(21)29)20-12-10-19(11-13-20)16-25(3,4)22(27)14-18-8-6-5-7-9-18/h5-13,17,21H,14-16H2,1-4H3. The van der Waals surface area contributed by atoms with Crippen LogP contribution < -0.4 is 4.90 Å². The lowest BCUT2D eigenvalue weighted by Crippen LogP contribution is -2.31. The maximum Gasteiger partial charge on any atom is 0.247 e. The summed E-state index contributed by atoms with van der Waals surface area (Å²) in [6.07, 6.45) is 1.27. The van der Waals surface area contributed by atoms with Crippen LogP contribution in [0.2, 0.25) is 0 Å². The maximum absolute atomic E-state index is 12.8. The smallest absolute Gasteiger partial charge is 0.247 e. The lowest BCUT2D eigenvalue weighted by Gasteiger charge is -2.24. The van der Waals surface area contributed by atoms with Crippen LogP contribution in [0.4, 0.5) is 5.69 Å². The van der Waals surface area contributed by atoms with Gasteiger partial charge in [-0.15, -0.1) is 11.8 Å². The molecule has 1 aliphatic heterocycles. The van der Waals surface area contributed by atoms with E-state index in [-0.39, 0.29) is 29.3 Å². The Labute approximate surface area is 183 Å². The minimum atomic E-state index is -0.504. The van der Waals surface area contributed by atoms with Gasteiger partial charge >= 0.3 is 0 Å². The first-order valence-electron chi connectivity index (χ1n) is 10.4. The Morgan fingerprint density at radius 2 is 1.67 bits per heavy atom. The molecule has 2 aromatic carbocycles. The van der Waals surface area contributed by atoms with Gasteiger partial charge in [-0.2, -0.15) is 0 Å². The number of anilines is 1. The summed E-state index contributed by atoms with van der Waals surface area (Å²) in [5.41, 5.74) is 2.13. The fourth-order valence-corrected chi connectivity index (χ4v) is 4.82. The summed E-state index contributed by atoms with van der Waals surface area (Å²) in [4.78, 5) is 39.2. The highest BCUT2D eigenvalue weighted by Gasteiger charge is 2.40. The molecule has 2 aromatic rings. The molecule has 5 heteroatoms. The Morgan fingerprint density at radius 3 is 2.27 bits per heavy atom. The van der Waals surface area contributed by atoms with Crippen molar-refractivity contribution < 1.29 is 14.4 Å². The summed E-state index contributed by atoms with van der Waals surface area (Å²) in [7, 11) is 0. The first kappa shape index (κ1) is 22.3. The monoisotopic (exact) mass is 423 g/mol. The number of carbonyl (C=O) groups is 3.